The summed E-state index contributed by atoms with van der Waals surface area (Å²) in [5, 5.41) is 0. The van der Waals surface area contributed by atoms with Crippen LogP contribution in [0.25, 0.3) is 0 Å². The summed E-state index contributed by atoms with van der Waals surface area (Å²) < 4.78 is 0. The van der Waals surface area contributed by atoms with E-state index in [9.17, 15) is 0 Å². The van der Waals surface area contributed by atoms with Crippen LogP contribution >= 0.6 is 11.6 Å². The van der Waals surface area contributed by atoms with Crippen molar-refractivity contribution in [1.82, 2.24) is 0 Å². The van der Waals surface area contributed by atoms with Gasteiger partial charge < -0.3 is 0 Å². The van der Waals surface area contributed by atoms with Crippen molar-refractivity contribution < 1.29 is 0 Å². The Balaban J connectivity index is 4.54. The summed E-state index contributed by atoms with van der Waals surface area (Å²) in [6.45, 7) is 13.5. The summed E-state index contributed by atoms with van der Waals surface area (Å²) in [5.41, 5.74) is 4.54. The Kier molecular flexibility index (Phi) is 11.8. The molecule has 0 aromatic heterocycles. The van der Waals surface area contributed by atoms with Gasteiger partial charge in [-0.3, -0.25) is 0 Å². The highest BCUT2D eigenvalue weighted by Crippen LogP contribution is 2.21. The Bertz CT molecular complexity index is 352. The molecule has 0 rings (SSSR count). The lowest BCUT2D eigenvalue weighted by Crippen LogP contribution is -1.96. The molecule has 21 heavy (non-hydrogen) atoms. The zero-order chi connectivity index (χ0) is 16.3. The predicted molar refractivity (Wildman–Crippen MR) is 99.1 cm³/mol. The monoisotopic (exact) mass is 310 g/mol. The molecular formula is C20H35Cl. The summed E-state index contributed by atoms with van der Waals surface area (Å²) >= 11 is 5.85. The van der Waals surface area contributed by atoms with Gasteiger partial charge in [-0.1, -0.05) is 62.6 Å². The smallest absolute Gasteiger partial charge is 0.0406 e. The highest BCUT2D eigenvalue weighted by atomic mass is 35.5. The quantitative estimate of drug-likeness (QED) is 0.293. The van der Waals surface area contributed by atoms with E-state index in [2.05, 4.69) is 59.8 Å². The first kappa shape index (κ1) is 20.5. The van der Waals surface area contributed by atoms with Crippen LogP contribution < -0.4 is 0 Å². The van der Waals surface area contributed by atoms with Crippen LogP contribution in [-0.4, -0.2) is 5.88 Å². The van der Waals surface area contributed by atoms with E-state index in [0.29, 0.717) is 11.8 Å². The summed E-state index contributed by atoms with van der Waals surface area (Å²) in [6.07, 6.45) is 12.9. The molecule has 0 N–H and O–H groups in total. The third-order valence-electron chi connectivity index (χ3n) is 3.64. The minimum Gasteiger partial charge on any atom is -0.122 e. The van der Waals surface area contributed by atoms with Crippen LogP contribution in [0, 0.1) is 11.8 Å². The fraction of sp³-hybridized carbons (Fsp3) is 0.700. The maximum Gasteiger partial charge on any atom is 0.0406 e. The number of alkyl halides is 1. The molecule has 0 spiro atoms. The number of hydrogen-bond acceptors (Lipinski definition) is 0. The van der Waals surface area contributed by atoms with Crippen molar-refractivity contribution in [3.8, 4) is 0 Å². The summed E-state index contributed by atoms with van der Waals surface area (Å²) in [7, 11) is 0. The molecule has 1 heteroatoms. The largest absolute Gasteiger partial charge is 0.122 e. The molecule has 0 bridgehead atoms. The van der Waals surface area contributed by atoms with Crippen molar-refractivity contribution in [2.24, 2.45) is 11.8 Å². The van der Waals surface area contributed by atoms with Crippen LogP contribution in [0.4, 0.5) is 0 Å². The Morgan fingerprint density at radius 2 is 1.52 bits per heavy atom. The van der Waals surface area contributed by atoms with E-state index in [0.717, 1.165) is 18.8 Å². The minimum absolute atomic E-state index is 0.608. The van der Waals surface area contributed by atoms with Gasteiger partial charge in [0.2, 0.25) is 0 Å². The molecule has 0 saturated carbocycles. The second-order valence-electron chi connectivity index (χ2n) is 6.91. The standard InChI is InChI=1S/C20H35Cl/c1-16(2)9-7-10-19(15-17(3)4)11-8-12-20(13-14-21)18(5)6/h9,11,13,17-18H,7-8,10,12,14-15H2,1-6H3/b19-11-,20-13-. The van der Waals surface area contributed by atoms with Gasteiger partial charge in [-0.25, -0.2) is 0 Å². The van der Waals surface area contributed by atoms with Crippen LogP contribution in [0.1, 0.15) is 73.6 Å². The van der Waals surface area contributed by atoms with Crippen LogP contribution in [0.3, 0.4) is 0 Å². The van der Waals surface area contributed by atoms with Crippen molar-refractivity contribution in [2.45, 2.75) is 73.6 Å². The number of allylic oxidation sites excluding steroid dienone is 6. The van der Waals surface area contributed by atoms with Crippen LogP contribution in [0.15, 0.2) is 34.9 Å². The van der Waals surface area contributed by atoms with Gasteiger partial charge in [0.1, 0.15) is 0 Å². The maximum absolute atomic E-state index is 5.85. The second-order valence-corrected chi connectivity index (χ2v) is 7.22. The lowest BCUT2D eigenvalue weighted by molar-refractivity contribution is 0.621. The molecule has 0 fully saturated rings. The Morgan fingerprint density at radius 1 is 0.905 bits per heavy atom. The van der Waals surface area contributed by atoms with Gasteiger partial charge in [0.05, 0.1) is 0 Å². The summed E-state index contributed by atoms with van der Waals surface area (Å²) in [6, 6.07) is 0. The average molecular weight is 311 g/mol. The van der Waals surface area contributed by atoms with E-state index in [4.69, 9.17) is 11.6 Å². The molecule has 0 aliphatic rings. The lowest BCUT2D eigenvalue weighted by Gasteiger charge is -2.12. The maximum atomic E-state index is 5.85. The molecule has 0 heterocycles. The molecule has 0 aromatic rings. The SMILES string of the molecule is CC(C)=CCC/C(=C/CC/C(=C/CCl)C(C)C)CC(C)C. The van der Waals surface area contributed by atoms with E-state index in [-0.39, 0.29) is 0 Å². The fourth-order valence-electron chi connectivity index (χ4n) is 2.53. The van der Waals surface area contributed by atoms with E-state index in [1.807, 2.05) is 0 Å². The second kappa shape index (κ2) is 12.1. The number of rotatable bonds is 10. The molecule has 0 atom stereocenters. The van der Waals surface area contributed by atoms with Gasteiger partial charge in [0, 0.05) is 5.88 Å². The average Bonchev–Trinajstić information content (AvgIpc) is 2.36. The van der Waals surface area contributed by atoms with E-state index < -0.39 is 0 Å². The molecule has 0 unspecified atom stereocenters. The zero-order valence-corrected chi connectivity index (χ0v) is 15.8. The number of hydrogen-bond donors (Lipinski definition) is 0. The molecule has 0 aliphatic heterocycles. The van der Waals surface area contributed by atoms with Crippen molar-refractivity contribution in [2.75, 3.05) is 5.88 Å². The molecule has 122 valence electrons. The molecule has 0 aromatic carbocycles. The lowest BCUT2D eigenvalue weighted by atomic mass is 9.94. The predicted octanol–water partition coefficient (Wildman–Crippen LogP) is 7.31. The van der Waals surface area contributed by atoms with Crippen molar-refractivity contribution in [3.05, 3.63) is 34.9 Å². The van der Waals surface area contributed by atoms with Crippen molar-refractivity contribution >= 4 is 11.6 Å². The van der Waals surface area contributed by atoms with Crippen molar-refractivity contribution in [3.63, 3.8) is 0 Å². The highest BCUT2D eigenvalue weighted by Gasteiger charge is 2.04. The van der Waals surface area contributed by atoms with Gasteiger partial charge in [0.25, 0.3) is 0 Å². The molecule has 0 saturated heterocycles. The summed E-state index contributed by atoms with van der Waals surface area (Å²) in [4.78, 5) is 0. The van der Waals surface area contributed by atoms with Crippen LogP contribution in [0.5, 0.6) is 0 Å². The Labute approximate surface area is 138 Å². The van der Waals surface area contributed by atoms with Gasteiger partial charge in [-0.2, -0.15) is 0 Å². The summed E-state index contributed by atoms with van der Waals surface area (Å²) in [5.74, 6) is 1.98. The first-order chi connectivity index (χ1) is 9.86. The first-order valence-electron chi connectivity index (χ1n) is 8.43. The molecule has 0 radical (unpaired) electrons. The molecular weight excluding hydrogens is 276 g/mol. The third kappa shape index (κ3) is 11.8. The molecule has 0 nitrogen and oxygen atoms in total. The first-order valence-corrected chi connectivity index (χ1v) is 8.96. The third-order valence-corrected chi connectivity index (χ3v) is 3.79. The van der Waals surface area contributed by atoms with Crippen LogP contribution in [-0.2, 0) is 0 Å². The van der Waals surface area contributed by atoms with Gasteiger partial charge in [0.15, 0.2) is 0 Å². The van der Waals surface area contributed by atoms with Gasteiger partial charge in [-0.15, -0.1) is 11.6 Å². The fourth-order valence-corrected chi connectivity index (χ4v) is 2.72. The van der Waals surface area contributed by atoms with Crippen molar-refractivity contribution in [1.29, 1.82) is 0 Å². The normalized spacial score (nSPS) is 13.2. The minimum atomic E-state index is 0.608. The van der Waals surface area contributed by atoms with E-state index in [1.54, 1.807) is 5.57 Å². The Hall–Kier alpha value is -0.490. The highest BCUT2D eigenvalue weighted by molar-refractivity contribution is 6.18. The molecule has 0 aliphatic carbocycles. The number of halogens is 1. The van der Waals surface area contributed by atoms with E-state index in [1.165, 1.54) is 30.4 Å². The molecule has 0 amide bonds. The Morgan fingerprint density at radius 3 is 2.00 bits per heavy atom. The van der Waals surface area contributed by atoms with E-state index >= 15 is 0 Å². The topological polar surface area (TPSA) is 0 Å². The van der Waals surface area contributed by atoms with Crippen LogP contribution in [0.2, 0.25) is 0 Å². The van der Waals surface area contributed by atoms with Gasteiger partial charge in [-0.05, 0) is 57.8 Å². The van der Waals surface area contributed by atoms with Gasteiger partial charge >= 0.3 is 0 Å². The zero-order valence-electron chi connectivity index (χ0n) is 15.0.